The average Bonchev–Trinajstić information content (AvgIpc) is 2.51. The van der Waals surface area contributed by atoms with Crippen molar-refractivity contribution in [3.63, 3.8) is 0 Å². The summed E-state index contributed by atoms with van der Waals surface area (Å²) in [5.41, 5.74) is 0.196. The maximum Gasteiger partial charge on any atom is 0.256 e. The molecule has 1 amide bonds. The van der Waals surface area contributed by atoms with Crippen molar-refractivity contribution in [1.29, 1.82) is 0 Å². The monoisotopic (exact) mass is 237 g/mol. The Kier molecular flexibility index (Phi) is 2.95. The van der Waals surface area contributed by atoms with E-state index in [-0.39, 0.29) is 5.91 Å². The first kappa shape index (κ1) is 11.5. The van der Waals surface area contributed by atoms with Crippen LogP contribution in [0.25, 0.3) is 0 Å². The fourth-order valence-corrected chi connectivity index (χ4v) is 2.80. The van der Waals surface area contributed by atoms with Crippen LogP contribution in [0.15, 0.2) is 24.3 Å². The summed E-state index contributed by atoms with van der Waals surface area (Å²) in [7, 11) is 1.65. The topological polar surface area (TPSA) is 40.5 Å². The molecular formula is C12H15NO2S. The molecule has 1 N–H and O–H groups in total. The molecule has 0 saturated heterocycles. The number of carbonyl (C=O) groups is 1. The molecule has 0 saturated carbocycles. The third kappa shape index (κ3) is 1.53. The van der Waals surface area contributed by atoms with Gasteiger partial charge in [-0.25, -0.2) is 0 Å². The van der Waals surface area contributed by atoms with E-state index in [2.05, 4.69) is 0 Å². The van der Waals surface area contributed by atoms with Crippen molar-refractivity contribution in [2.45, 2.75) is 12.6 Å². The molecule has 3 nitrogen and oxygen atoms in total. The number of hydrogen-bond acceptors (Lipinski definition) is 3. The van der Waals surface area contributed by atoms with E-state index in [1.165, 1.54) is 4.90 Å². The number of aliphatic hydroxyl groups is 1. The van der Waals surface area contributed by atoms with Gasteiger partial charge < -0.3 is 10.0 Å². The van der Waals surface area contributed by atoms with Crippen molar-refractivity contribution >= 4 is 17.7 Å². The van der Waals surface area contributed by atoms with Gasteiger partial charge in [-0.05, 0) is 11.8 Å². The number of amides is 1. The quantitative estimate of drug-likeness (QED) is 0.869. The fourth-order valence-electron chi connectivity index (χ4n) is 1.97. The molecule has 4 heteroatoms. The number of rotatable bonds is 3. The number of hydrogen-bond donors (Lipinski definition) is 1. The third-order valence-corrected chi connectivity index (χ3v) is 3.97. The van der Waals surface area contributed by atoms with Gasteiger partial charge in [-0.3, -0.25) is 4.79 Å². The normalized spacial score (nSPS) is 23.7. The molecule has 0 radical (unpaired) electrons. The lowest BCUT2D eigenvalue weighted by atomic mass is 10.0. The molecule has 0 aromatic heterocycles. The molecular weight excluding hydrogens is 222 g/mol. The van der Waals surface area contributed by atoms with Gasteiger partial charge in [-0.2, -0.15) is 11.8 Å². The van der Waals surface area contributed by atoms with Gasteiger partial charge >= 0.3 is 0 Å². The van der Waals surface area contributed by atoms with Crippen LogP contribution in [-0.2, 0) is 5.72 Å². The first-order valence-electron chi connectivity index (χ1n) is 5.29. The minimum absolute atomic E-state index is 0.102. The van der Waals surface area contributed by atoms with Gasteiger partial charge in [-0.1, -0.05) is 25.1 Å². The standard InChI is InChI=1S/C12H15NO2S/c1-3-16-8-12(15)10-7-5-4-6-9(10)11(14)13(12)2/h4-7,15H,3,8H2,1-2H3. The first-order chi connectivity index (χ1) is 7.61. The summed E-state index contributed by atoms with van der Waals surface area (Å²) < 4.78 is 0. The molecule has 0 spiro atoms. The van der Waals surface area contributed by atoms with Crippen LogP contribution < -0.4 is 0 Å². The van der Waals surface area contributed by atoms with Gasteiger partial charge in [0.05, 0.1) is 0 Å². The van der Waals surface area contributed by atoms with E-state index >= 15 is 0 Å². The Bertz CT molecular complexity index is 421. The molecule has 1 aliphatic heterocycles. The van der Waals surface area contributed by atoms with Crippen molar-refractivity contribution in [2.24, 2.45) is 0 Å². The second-order valence-corrected chi connectivity index (χ2v) is 5.14. The first-order valence-corrected chi connectivity index (χ1v) is 6.44. The molecule has 0 aliphatic carbocycles. The summed E-state index contributed by atoms with van der Waals surface area (Å²) in [5.74, 6) is 1.34. The highest BCUT2D eigenvalue weighted by Crippen LogP contribution is 2.37. The summed E-state index contributed by atoms with van der Waals surface area (Å²) in [6.07, 6.45) is 0. The van der Waals surface area contributed by atoms with Crippen LogP contribution in [0, 0.1) is 0 Å². The van der Waals surface area contributed by atoms with Gasteiger partial charge in [0, 0.05) is 23.9 Å². The van der Waals surface area contributed by atoms with Crippen LogP contribution in [0.2, 0.25) is 0 Å². The van der Waals surface area contributed by atoms with Gasteiger partial charge in [0.25, 0.3) is 5.91 Å². The van der Waals surface area contributed by atoms with Gasteiger partial charge in [0.1, 0.15) is 0 Å². The Balaban J connectivity index is 2.43. The lowest BCUT2D eigenvalue weighted by Gasteiger charge is -2.31. The van der Waals surface area contributed by atoms with Gasteiger partial charge in [0.15, 0.2) is 5.72 Å². The predicted molar refractivity (Wildman–Crippen MR) is 65.4 cm³/mol. The predicted octanol–water partition coefficient (Wildman–Crippen LogP) is 1.67. The van der Waals surface area contributed by atoms with E-state index in [0.29, 0.717) is 11.3 Å². The SMILES string of the molecule is CCSCC1(O)c2ccccc2C(=O)N1C. The van der Waals surface area contributed by atoms with Crippen LogP contribution >= 0.6 is 11.8 Å². The molecule has 1 atom stereocenters. The van der Waals surface area contributed by atoms with Crippen LogP contribution in [-0.4, -0.2) is 34.5 Å². The minimum atomic E-state index is -1.14. The Morgan fingerprint density at radius 1 is 1.44 bits per heavy atom. The lowest BCUT2D eigenvalue weighted by Crippen LogP contribution is -2.43. The van der Waals surface area contributed by atoms with Crippen LogP contribution in [0.5, 0.6) is 0 Å². The molecule has 16 heavy (non-hydrogen) atoms. The number of fused-ring (bicyclic) bond motifs is 1. The van der Waals surface area contributed by atoms with Crippen molar-refractivity contribution in [3.8, 4) is 0 Å². The Morgan fingerprint density at radius 2 is 2.12 bits per heavy atom. The number of nitrogens with zero attached hydrogens (tertiary/aromatic N) is 1. The lowest BCUT2D eigenvalue weighted by molar-refractivity contribution is -0.0515. The minimum Gasteiger partial charge on any atom is -0.366 e. The number of carbonyl (C=O) groups excluding carboxylic acids is 1. The summed E-state index contributed by atoms with van der Waals surface area (Å²) in [6, 6.07) is 7.27. The van der Waals surface area contributed by atoms with E-state index in [1.807, 2.05) is 25.1 Å². The Morgan fingerprint density at radius 3 is 2.81 bits per heavy atom. The molecule has 86 valence electrons. The van der Waals surface area contributed by atoms with E-state index < -0.39 is 5.72 Å². The average molecular weight is 237 g/mol. The zero-order valence-electron chi connectivity index (χ0n) is 9.43. The van der Waals surface area contributed by atoms with E-state index in [4.69, 9.17) is 0 Å². The van der Waals surface area contributed by atoms with Crippen molar-refractivity contribution in [1.82, 2.24) is 4.90 Å². The molecule has 1 aliphatic rings. The van der Waals surface area contributed by atoms with Crippen molar-refractivity contribution in [3.05, 3.63) is 35.4 Å². The summed E-state index contributed by atoms with van der Waals surface area (Å²) in [5, 5.41) is 10.6. The second kappa shape index (κ2) is 4.11. The smallest absolute Gasteiger partial charge is 0.256 e. The van der Waals surface area contributed by atoms with E-state index in [0.717, 1.165) is 11.3 Å². The van der Waals surface area contributed by atoms with Gasteiger partial charge in [-0.15, -0.1) is 0 Å². The highest BCUT2D eigenvalue weighted by atomic mass is 32.2. The Hall–Kier alpha value is -1.00. The van der Waals surface area contributed by atoms with Crippen LogP contribution in [0.1, 0.15) is 22.8 Å². The largest absolute Gasteiger partial charge is 0.366 e. The third-order valence-electron chi connectivity index (χ3n) is 2.96. The fraction of sp³-hybridized carbons (Fsp3) is 0.417. The van der Waals surface area contributed by atoms with Crippen LogP contribution in [0.4, 0.5) is 0 Å². The van der Waals surface area contributed by atoms with Gasteiger partial charge in [0.2, 0.25) is 0 Å². The van der Waals surface area contributed by atoms with E-state index in [9.17, 15) is 9.90 Å². The Labute approximate surface area is 99.5 Å². The molecule has 1 aromatic carbocycles. The molecule has 1 heterocycles. The highest BCUT2D eigenvalue weighted by Gasteiger charge is 2.45. The zero-order chi connectivity index (χ0) is 11.8. The molecule has 1 unspecified atom stereocenters. The molecule has 2 rings (SSSR count). The molecule has 0 fully saturated rings. The maximum atomic E-state index is 11.9. The summed E-state index contributed by atoms with van der Waals surface area (Å²) in [4.78, 5) is 13.4. The summed E-state index contributed by atoms with van der Waals surface area (Å²) >= 11 is 1.63. The van der Waals surface area contributed by atoms with E-state index in [1.54, 1.807) is 24.9 Å². The second-order valence-electron chi connectivity index (χ2n) is 3.86. The van der Waals surface area contributed by atoms with Crippen molar-refractivity contribution < 1.29 is 9.90 Å². The number of benzene rings is 1. The van der Waals surface area contributed by atoms with Crippen molar-refractivity contribution in [2.75, 3.05) is 18.6 Å². The van der Waals surface area contributed by atoms with Crippen LogP contribution in [0.3, 0.4) is 0 Å². The molecule has 0 bridgehead atoms. The number of thioether (sulfide) groups is 1. The zero-order valence-corrected chi connectivity index (χ0v) is 10.3. The maximum absolute atomic E-state index is 11.9. The summed E-state index contributed by atoms with van der Waals surface area (Å²) in [6.45, 7) is 2.04. The molecule has 1 aromatic rings. The highest BCUT2D eigenvalue weighted by molar-refractivity contribution is 7.99.